The van der Waals surface area contributed by atoms with Crippen LogP contribution < -0.4 is 10.6 Å². The highest BCUT2D eigenvalue weighted by Gasteiger charge is 2.29. The summed E-state index contributed by atoms with van der Waals surface area (Å²) >= 11 is 0. The zero-order valence-corrected chi connectivity index (χ0v) is 8.26. The van der Waals surface area contributed by atoms with Gasteiger partial charge in [0, 0.05) is 26.4 Å². The van der Waals surface area contributed by atoms with Crippen LogP contribution in [0.1, 0.15) is 0 Å². The number of methoxy groups -OCH3 is 1. The highest BCUT2D eigenvalue weighted by Crippen LogP contribution is 2.19. The fourth-order valence-corrected chi connectivity index (χ4v) is 1.80. The maximum atomic E-state index is 5.93. The average Bonchev–Trinajstić information content (AvgIpc) is 2.61. The van der Waals surface area contributed by atoms with Crippen molar-refractivity contribution in [2.45, 2.75) is 12.1 Å². The van der Waals surface area contributed by atoms with Gasteiger partial charge in [0.1, 0.15) is 0 Å². The molecule has 1 aromatic rings. The number of hydrogen-bond donors (Lipinski definition) is 1. The van der Waals surface area contributed by atoms with E-state index < -0.39 is 0 Å². The Morgan fingerprint density at radius 2 is 2.43 bits per heavy atom. The first-order valence-corrected chi connectivity index (χ1v) is 4.74. The highest BCUT2D eigenvalue weighted by molar-refractivity contribution is 5.45. The lowest BCUT2D eigenvalue weighted by molar-refractivity contribution is 0.108. The molecule has 2 unspecified atom stereocenters. The molecular formula is C10H15N3O. The Bertz CT molecular complexity index is 291. The van der Waals surface area contributed by atoms with E-state index in [-0.39, 0.29) is 12.1 Å². The lowest BCUT2D eigenvalue weighted by atomic mass is 10.2. The Morgan fingerprint density at radius 3 is 3.00 bits per heavy atom. The zero-order valence-electron chi connectivity index (χ0n) is 8.26. The third-order valence-electron chi connectivity index (χ3n) is 2.62. The van der Waals surface area contributed by atoms with Gasteiger partial charge in [0.25, 0.3) is 0 Å². The largest absolute Gasteiger partial charge is 0.378 e. The van der Waals surface area contributed by atoms with Gasteiger partial charge in [-0.05, 0) is 12.1 Å². The first kappa shape index (κ1) is 9.43. The van der Waals surface area contributed by atoms with Crippen LogP contribution in [-0.4, -0.2) is 37.3 Å². The van der Waals surface area contributed by atoms with E-state index in [2.05, 4.69) is 9.88 Å². The molecule has 1 fully saturated rings. The number of pyridine rings is 1. The molecule has 14 heavy (non-hydrogen) atoms. The normalized spacial score (nSPS) is 26.9. The molecule has 4 heteroatoms. The van der Waals surface area contributed by atoms with E-state index in [1.54, 1.807) is 13.3 Å². The topological polar surface area (TPSA) is 51.4 Å². The number of nitrogens with zero attached hydrogens (tertiary/aromatic N) is 2. The standard InChI is InChI=1S/C10H15N3O/c1-14-10-7-13(6-9(10)11)8-3-2-4-12-5-8/h2-5,9-10H,6-7,11H2,1H3. The van der Waals surface area contributed by atoms with Crippen molar-refractivity contribution in [1.29, 1.82) is 0 Å². The summed E-state index contributed by atoms with van der Waals surface area (Å²) in [5, 5.41) is 0. The molecule has 0 aromatic carbocycles. The van der Waals surface area contributed by atoms with Gasteiger partial charge in [-0.1, -0.05) is 0 Å². The summed E-state index contributed by atoms with van der Waals surface area (Å²) < 4.78 is 5.29. The quantitative estimate of drug-likeness (QED) is 0.731. The number of ether oxygens (including phenoxy) is 1. The number of aromatic nitrogens is 1. The Balaban J connectivity index is 2.09. The lowest BCUT2D eigenvalue weighted by Crippen LogP contribution is -2.34. The van der Waals surface area contributed by atoms with Crippen molar-refractivity contribution in [3.8, 4) is 0 Å². The third kappa shape index (κ3) is 1.71. The second-order valence-electron chi connectivity index (χ2n) is 3.55. The maximum Gasteiger partial charge on any atom is 0.0913 e. The van der Waals surface area contributed by atoms with Gasteiger partial charge < -0.3 is 15.4 Å². The molecule has 1 aliphatic rings. The van der Waals surface area contributed by atoms with Crippen molar-refractivity contribution >= 4 is 5.69 Å². The van der Waals surface area contributed by atoms with Gasteiger partial charge in [0.2, 0.25) is 0 Å². The Labute approximate surface area is 83.7 Å². The summed E-state index contributed by atoms with van der Waals surface area (Å²) in [5.41, 5.74) is 7.04. The maximum absolute atomic E-state index is 5.93. The van der Waals surface area contributed by atoms with Gasteiger partial charge in [0.05, 0.1) is 24.0 Å². The second-order valence-corrected chi connectivity index (χ2v) is 3.55. The smallest absolute Gasteiger partial charge is 0.0913 e. The Morgan fingerprint density at radius 1 is 1.57 bits per heavy atom. The van der Waals surface area contributed by atoms with E-state index >= 15 is 0 Å². The second kappa shape index (κ2) is 3.94. The SMILES string of the molecule is COC1CN(c2cccnc2)CC1N. The Kier molecular flexibility index (Phi) is 2.65. The van der Waals surface area contributed by atoms with Crippen LogP contribution in [0, 0.1) is 0 Å². The number of rotatable bonds is 2. The summed E-state index contributed by atoms with van der Waals surface area (Å²) in [7, 11) is 1.71. The molecule has 2 atom stereocenters. The minimum Gasteiger partial charge on any atom is -0.378 e. The van der Waals surface area contributed by atoms with Crippen LogP contribution in [0.4, 0.5) is 5.69 Å². The van der Waals surface area contributed by atoms with Crippen LogP contribution in [0.5, 0.6) is 0 Å². The van der Waals surface area contributed by atoms with Crippen molar-refractivity contribution in [2.75, 3.05) is 25.1 Å². The van der Waals surface area contributed by atoms with Crippen LogP contribution in [0.2, 0.25) is 0 Å². The predicted molar refractivity (Wildman–Crippen MR) is 55.2 cm³/mol. The minimum absolute atomic E-state index is 0.0974. The van der Waals surface area contributed by atoms with Gasteiger partial charge in [0.15, 0.2) is 0 Å². The summed E-state index contributed by atoms with van der Waals surface area (Å²) in [6, 6.07) is 4.07. The number of anilines is 1. The summed E-state index contributed by atoms with van der Waals surface area (Å²) in [4.78, 5) is 6.28. The van der Waals surface area contributed by atoms with Crippen molar-refractivity contribution in [1.82, 2.24) is 4.98 Å². The van der Waals surface area contributed by atoms with Crippen LogP contribution in [0.3, 0.4) is 0 Å². The molecule has 4 nitrogen and oxygen atoms in total. The van der Waals surface area contributed by atoms with Crippen molar-refractivity contribution in [3.63, 3.8) is 0 Å². The predicted octanol–water partition coefficient (Wildman–Crippen LogP) is 0.244. The zero-order chi connectivity index (χ0) is 9.97. The molecule has 0 bridgehead atoms. The van der Waals surface area contributed by atoms with Crippen LogP contribution >= 0.6 is 0 Å². The van der Waals surface area contributed by atoms with E-state index in [9.17, 15) is 0 Å². The molecule has 0 radical (unpaired) electrons. The van der Waals surface area contributed by atoms with Gasteiger partial charge in [-0.2, -0.15) is 0 Å². The summed E-state index contributed by atoms with van der Waals surface area (Å²) in [5.74, 6) is 0. The van der Waals surface area contributed by atoms with Crippen LogP contribution in [0.25, 0.3) is 0 Å². The fourth-order valence-electron chi connectivity index (χ4n) is 1.80. The average molecular weight is 193 g/mol. The summed E-state index contributed by atoms with van der Waals surface area (Å²) in [6.45, 7) is 1.69. The van der Waals surface area contributed by atoms with Gasteiger partial charge >= 0.3 is 0 Å². The molecule has 1 aliphatic heterocycles. The first-order chi connectivity index (χ1) is 6.81. The minimum atomic E-state index is 0.0974. The molecule has 2 N–H and O–H groups in total. The molecule has 0 spiro atoms. The molecule has 2 rings (SSSR count). The van der Waals surface area contributed by atoms with Gasteiger partial charge in [-0.25, -0.2) is 0 Å². The summed E-state index contributed by atoms with van der Waals surface area (Å²) in [6.07, 6.45) is 3.76. The van der Waals surface area contributed by atoms with E-state index in [1.807, 2.05) is 18.3 Å². The van der Waals surface area contributed by atoms with Crippen molar-refractivity contribution < 1.29 is 4.74 Å². The van der Waals surface area contributed by atoms with Crippen LogP contribution in [-0.2, 0) is 4.74 Å². The molecule has 2 heterocycles. The molecule has 1 saturated heterocycles. The van der Waals surface area contributed by atoms with Crippen molar-refractivity contribution in [2.24, 2.45) is 5.73 Å². The van der Waals surface area contributed by atoms with E-state index in [1.165, 1.54) is 0 Å². The molecule has 0 saturated carbocycles. The molecule has 0 aliphatic carbocycles. The van der Waals surface area contributed by atoms with Gasteiger partial charge in [-0.15, -0.1) is 0 Å². The van der Waals surface area contributed by atoms with E-state index in [0.717, 1.165) is 18.8 Å². The highest BCUT2D eigenvalue weighted by atomic mass is 16.5. The lowest BCUT2D eigenvalue weighted by Gasteiger charge is -2.16. The van der Waals surface area contributed by atoms with E-state index in [4.69, 9.17) is 10.5 Å². The fraction of sp³-hybridized carbons (Fsp3) is 0.500. The third-order valence-corrected chi connectivity index (χ3v) is 2.62. The molecule has 0 amide bonds. The monoisotopic (exact) mass is 193 g/mol. The Hall–Kier alpha value is -1.13. The van der Waals surface area contributed by atoms with E-state index in [0.29, 0.717) is 0 Å². The molecule has 76 valence electrons. The number of hydrogen-bond acceptors (Lipinski definition) is 4. The molecule has 1 aromatic heterocycles. The number of nitrogens with two attached hydrogens (primary N) is 1. The molecular weight excluding hydrogens is 178 g/mol. The first-order valence-electron chi connectivity index (χ1n) is 4.74. The van der Waals surface area contributed by atoms with Gasteiger partial charge in [-0.3, -0.25) is 4.98 Å². The van der Waals surface area contributed by atoms with Crippen molar-refractivity contribution in [3.05, 3.63) is 24.5 Å². The van der Waals surface area contributed by atoms with Crippen LogP contribution in [0.15, 0.2) is 24.5 Å².